The Morgan fingerprint density at radius 2 is 1.20 bits per heavy atom. The summed E-state index contributed by atoms with van der Waals surface area (Å²) in [7, 11) is 3.63. The van der Waals surface area contributed by atoms with Gasteiger partial charge in [-0.2, -0.15) is 0 Å². The van der Waals surface area contributed by atoms with E-state index in [2.05, 4.69) is 10.2 Å². The van der Waals surface area contributed by atoms with Crippen LogP contribution in [0.4, 0.5) is 0 Å². The first-order valence-electron chi connectivity index (χ1n) is 3.11. The molecule has 10 heavy (non-hydrogen) atoms. The molecule has 0 aliphatic heterocycles. The number of hydrogen-bond donors (Lipinski definition) is 0. The summed E-state index contributed by atoms with van der Waals surface area (Å²) in [5, 5.41) is 0. The van der Waals surface area contributed by atoms with Gasteiger partial charge < -0.3 is 0 Å². The van der Waals surface area contributed by atoms with Crippen molar-refractivity contribution >= 4 is 47.5 Å². The van der Waals surface area contributed by atoms with E-state index in [1.165, 1.54) is 32.1 Å². The predicted octanol–water partition coefficient (Wildman–Crippen LogP) is 3.17. The average Bonchev–Trinajstić information content (AvgIpc) is 1.69. The zero-order chi connectivity index (χ0) is 5.11. The molecule has 1 fully saturated rings. The zero-order valence-electron chi connectivity index (χ0n) is 5.84. The highest BCUT2D eigenvalue weighted by Crippen LogP contribution is 2.24. The highest BCUT2D eigenvalue weighted by molar-refractivity contribution is 6.11. The first-order valence-corrected chi connectivity index (χ1v) is 3.68. The Morgan fingerprint density at radius 3 is 1.40 bits per heavy atom. The van der Waals surface area contributed by atoms with Crippen molar-refractivity contribution in [3.05, 3.63) is 0 Å². The van der Waals surface area contributed by atoms with Gasteiger partial charge in [-0.25, -0.2) is 0 Å². The minimum Gasteiger partial charge on any atom is -0.147 e. The second-order valence-corrected chi connectivity index (χ2v) is 3.15. The third kappa shape index (κ3) is 7.20. The Morgan fingerprint density at radius 1 is 0.800 bits per heavy atom. The Bertz CT molecular complexity index is 55.0. The summed E-state index contributed by atoms with van der Waals surface area (Å²) in [4.78, 5) is 0. The molecule has 4 heteroatoms. The van der Waals surface area contributed by atoms with E-state index >= 15 is 0 Å². The van der Waals surface area contributed by atoms with Crippen LogP contribution in [-0.4, -0.2) is 10.2 Å². The van der Waals surface area contributed by atoms with Crippen LogP contribution in [0.15, 0.2) is 0 Å². The first-order chi connectivity index (χ1) is 3.39. The summed E-state index contributed by atoms with van der Waals surface area (Å²) in [6.07, 6.45) is 7.14. The second kappa shape index (κ2) is 10.1. The Hall–Kier alpha value is 1.09. The van der Waals surface area contributed by atoms with E-state index in [-0.39, 0.29) is 37.2 Å². The fourth-order valence-corrected chi connectivity index (χ4v) is 1.51. The Labute approximate surface area is 85.2 Å². The quantitative estimate of drug-likeness (QED) is 0.550. The maximum atomic E-state index is 3.63. The first kappa shape index (κ1) is 17.2. The van der Waals surface area contributed by atoms with Crippen LogP contribution in [-0.2, 0) is 0 Å². The molecule has 0 heterocycles. The molecule has 0 N–H and O–H groups in total. The second-order valence-electron chi connectivity index (χ2n) is 2.33. The highest BCUT2D eigenvalue weighted by Gasteiger charge is 2.06. The predicted molar refractivity (Wildman–Crippen MR) is 54.3 cm³/mol. The van der Waals surface area contributed by atoms with Gasteiger partial charge >= 0.3 is 0 Å². The highest BCUT2D eigenvalue weighted by atomic mass is 35.5. The van der Waals surface area contributed by atoms with Gasteiger partial charge in [-0.1, -0.05) is 37.6 Å². The molecule has 0 aromatic heterocycles. The number of hydrogen-bond acceptors (Lipinski definition) is 0. The molecule has 0 aromatic rings. The standard InChI is InChI=1S/C6H11Si.3ClH/c7-6-4-2-1-3-5-6;;;/h6H,1-5H2;3*1H. The van der Waals surface area contributed by atoms with Crippen molar-refractivity contribution in [3.8, 4) is 0 Å². The van der Waals surface area contributed by atoms with Crippen LogP contribution < -0.4 is 0 Å². The van der Waals surface area contributed by atoms with Gasteiger partial charge in [0.05, 0.1) is 0 Å². The van der Waals surface area contributed by atoms with Gasteiger partial charge in [0.1, 0.15) is 0 Å². The van der Waals surface area contributed by atoms with Crippen LogP contribution >= 0.6 is 37.2 Å². The van der Waals surface area contributed by atoms with E-state index in [4.69, 9.17) is 0 Å². The summed E-state index contributed by atoms with van der Waals surface area (Å²) < 4.78 is 0. The lowest BCUT2D eigenvalue weighted by Crippen LogP contribution is -1.98. The third-order valence-electron chi connectivity index (χ3n) is 1.61. The van der Waals surface area contributed by atoms with Gasteiger partial charge in [0, 0.05) is 10.2 Å². The van der Waals surface area contributed by atoms with Crippen LogP contribution in [0, 0.1) is 0 Å². The average molecular weight is 221 g/mol. The molecule has 63 valence electrons. The summed E-state index contributed by atoms with van der Waals surface area (Å²) in [5.41, 5.74) is 0.841. The largest absolute Gasteiger partial charge is 0.147 e. The van der Waals surface area contributed by atoms with Gasteiger partial charge in [-0.15, -0.1) is 37.2 Å². The Balaban J connectivity index is -0.000000163. The van der Waals surface area contributed by atoms with Crippen LogP contribution in [0.1, 0.15) is 32.1 Å². The van der Waals surface area contributed by atoms with Gasteiger partial charge in [-0.05, 0) is 0 Å². The van der Waals surface area contributed by atoms with Crippen molar-refractivity contribution in [2.24, 2.45) is 0 Å². The summed E-state index contributed by atoms with van der Waals surface area (Å²) in [6.45, 7) is 0. The summed E-state index contributed by atoms with van der Waals surface area (Å²) in [5.74, 6) is 0. The maximum absolute atomic E-state index is 3.63. The van der Waals surface area contributed by atoms with Crippen molar-refractivity contribution in [1.82, 2.24) is 0 Å². The number of rotatable bonds is 0. The van der Waals surface area contributed by atoms with Crippen molar-refractivity contribution in [3.63, 3.8) is 0 Å². The molecule has 1 saturated carbocycles. The summed E-state index contributed by atoms with van der Waals surface area (Å²) >= 11 is 0. The minimum atomic E-state index is 0. The normalized spacial score (nSPS) is 17.7. The molecule has 0 aromatic carbocycles. The molecule has 1 aliphatic carbocycles. The zero-order valence-corrected chi connectivity index (χ0v) is 9.29. The molecule has 0 unspecified atom stereocenters. The lowest BCUT2D eigenvalue weighted by molar-refractivity contribution is 0.504. The molecule has 0 nitrogen and oxygen atoms in total. The van der Waals surface area contributed by atoms with E-state index < -0.39 is 0 Å². The van der Waals surface area contributed by atoms with Gasteiger partial charge in [0.25, 0.3) is 0 Å². The van der Waals surface area contributed by atoms with Crippen LogP contribution in [0.25, 0.3) is 0 Å². The lowest BCUT2D eigenvalue weighted by Gasteiger charge is -2.15. The van der Waals surface area contributed by atoms with E-state index in [1.54, 1.807) is 0 Å². The fraction of sp³-hybridized carbons (Fsp3) is 1.00. The number of halogens is 3. The molecule has 0 atom stereocenters. The van der Waals surface area contributed by atoms with E-state index in [1.807, 2.05) is 0 Å². The third-order valence-corrected chi connectivity index (χ3v) is 2.18. The SMILES string of the molecule is Cl.Cl.Cl.[Si]C1CCCCC1. The van der Waals surface area contributed by atoms with Crippen LogP contribution in [0.3, 0.4) is 0 Å². The molecular formula is C6H14Cl3Si. The molecule has 0 spiro atoms. The Kier molecular flexibility index (Phi) is 17.4. The van der Waals surface area contributed by atoms with Crippen molar-refractivity contribution in [2.75, 3.05) is 0 Å². The van der Waals surface area contributed by atoms with Gasteiger partial charge in [0.2, 0.25) is 0 Å². The molecule has 3 radical (unpaired) electrons. The fourth-order valence-electron chi connectivity index (χ4n) is 1.10. The van der Waals surface area contributed by atoms with Crippen molar-refractivity contribution < 1.29 is 0 Å². The van der Waals surface area contributed by atoms with E-state index in [0.29, 0.717) is 0 Å². The minimum absolute atomic E-state index is 0. The molecular weight excluding hydrogens is 207 g/mol. The van der Waals surface area contributed by atoms with Crippen LogP contribution in [0.5, 0.6) is 0 Å². The van der Waals surface area contributed by atoms with Gasteiger partial charge in [0.15, 0.2) is 0 Å². The summed E-state index contributed by atoms with van der Waals surface area (Å²) in [6, 6.07) is 0. The molecule has 1 rings (SSSR count). The van der Waals surface area contributed by atoms with Crippen LogP contribution in [0.2, 0.25) is 5.54 Å². The maximum Gasteiger partial charge on any atom is 0.0266 e. The molecule has 1 aliphatic rings. The topological polar surface area (TPSA) is 0 Å². The van der Waals surface area contributed by atoms with E-state index in [0.717, 1.165) is 5.54 Å². The van der Waals surface area contributed by atoms with E-state index in [9.17, 15) is 0 Å². The lowest BCUT2D eigenvalue weighted by atomic mass is 10.0. The molecule has 0 saturated heterocycles. The smallest absolute Gasteiger partial charge is 0.0266 e. The van der Waals surface area contributed by atoms with Crippen molar-refractivity contribution in [1.29, 1.82) is 0 Å². The monoisotopic (exact) mass is 219 g/mol. The van der Waals surface area contributed by atoms with Crippen molar-refractivity contribution in [2.45, 2.75) is 37.6 Å². The molecule has 0 bridgehead atoms. The van der Waals surface area contributed by atoms with Gasteiger partial charge in [-0.3, -0.25) is 0 Å². The molecule has 0 amide bonds.